The van der Waals surface area contributed by atoms with Crippen molar-refractivity contribution < 1.29 is 18.3 Å². The molecule has 0 aromatic rings. The molecule has 14 heavy (non-hydrogen) atoms. The van der Waals surface area contributed by atoms with Crippen molar-refractivity contribution in [3.05, 3.63) is 0 Å². The van der Waals surface area contributed by atoms with Crippen LogP contribution < -0.4 is 0 Å². The van der Waals surface area contributed by atoms with E-state index in [9.17, 15) is 4.57 Å². The molecule has 0 aliphatic rings. The van der Waals surface area contributed by atoms with E-state index >= 15 is 0 Å². The number of unbranched alkanes of at least 4 members (excludes halogenated alkanes) is 1. The number of hydrogen-bond donors (Lipinski definition) is 0. The minimum absolute atomic E-state index is 0.423. The zero-order valence-electron chi connectivity index (χ0n) is 9.32. The first-order valence-electron chi connectivity index (χ1n) is 4.96. The zero-order chi connectivity index (χ0) is 10.9. The van der Waals surface area contributed by atoms with Gasteiger partial charge in [0.25, 0.3) is 0 Å². The van der Waals surface area contributed by atoms with Gasteiger partial charge in [-0.05, 0) is 12.8 Å². The zero-order valence-corrected chi connectivity index (χ0v) is 10.2. The number of hydrogen-bond acceptors (Lipinski definition) is 4. The molecule has 0 aromatic carbocycles. The predicted octanol–water partition coefficient (Wildman–Crippen LogP) is 2.68. The van der Waals surface area contributed by atoms with Gasteiger partial charge in [-0.15, -0.1) is 0 Å². The molecule has 4 nitrogen and oxygen atoms in total. The van der Waals surface area contributed by atoms with Gasteiger partial charge in [0.2, 0.25) is 0 Å². The van der Waals surface area contributed by atoms with Crippen molar-refractivity contribution in [3.8, 4) is 0 Å². The maximum absolute atomic E-state index is 11.5. The Bertz CT molecular complexity index is 164. The molecule has 0 amide bonds. The maximum atomic E-state index is 11.5. The van der Waals surface area contributed by atoms with Crippen molar-refractivity contribution in [2.24, 2.45) is 0 Å². The summed E-state index contributed by atoms with van der Waals surface area (Å²) in [5, 5.41) is 0. The average Bonchev–Trinajstić information content (AvgIpc) is 2.23. The lowest BCUT2D eigenvalue weighted by atomic mass is 10.4. The summed E-state index contributed by atoms with van der Waals surface area (Å²) in [4.78, 5) is 0. The Balaban J connectivity index is 3.39. The molecule has 0 rings (SSSR count). The third-order valence-electron chi connectivity index (χ3n) is 1.92. The molecule has 0 aromatic heterocycles. The Labute approximate surface area is 86.5 Å². The second-order valence-corrected chi connectivity index (χ2v) is 5.42. The van der Waals surface area contributed by atoms with Gasteiger partial charge in [0.1, 0.15) is 0 Å². The van der Waals surface area contributed by atoms with Crippen LogP contribution >= 0.6 is 7.60 Å². The van der Waals surface area contributed by atoms with E-state index in [-0.39, 0.29) is 0 Å². The van der Waals surface area contributed by atoms with E-state index in [2.05, 4.69) is 6.92 Å². The molecule has 0 spiro atoms. The van der Waals surface area contributed by atoms with E-state index < -0.39 is 7.60 Å². The lowest BCUT2D eigenvalue weighted by Gasteiger charge is -2.12. The lowest BCUT2D eigenvalue weighted by Crippen LogP contribution is -2.01. The quantitative estimate of drug-likeness (QED) is 0.446. The topological polar surface area (TPSA) is 44.8 Å². The monoisotopic (exact) mass is 224 g/mol. The van der Waals surface area contributed by atoms with Gasteiger partial charge in [0, 0.05) is 27.4 Å². The highest BCUT2D eigenvalue weighted by atomic mass is 31.2. The summed E-state index contributed by atoms with van der Waals surface area (Å²) in [5.74, 6) is 0. The Hall–Kier alpha value is 0.110. The molecule has 0 saturated carbocycles. The predicted molar refractivity (Wildman–Crippen MR) is 56.8 cm³/mol. The van der Waals surface area contributed by atoms with E-state index in [0.717, 1.165) is 19.4 Å². The van der Waals surface area contributed by atoms with E-state index in [1.165, 1.54) is 14.2 Å². The van der Waals surface area contributed by atoms with Gasteiger partial charge in [-0.1, -0.05) is 13.3 Å². The largest absolute Gasteiger partial charge is 0.381 e. The molecular weight excluding hydrogens is 203 g/mol. The van der Waals surface area contributed by atoms with E-state index in [0.29, 0.717) is 19.2 Å². The van der Waals surface area contributed by atoms with Crippen LogP contribution in [0.5, 0.6) is 0 Å². The Morgan fingerprint density at radius 1 is 1.07 bits per heavy atom. The van der Waals surface area contributed by atoms with Crippen LogP contribution in [0.3, 0.4) is 0 Å². The van der Waals surface area contributed by atoms with Crippen LogP contribution in [0.25, 0.3) is 0 Å². The van der Waals surface area contributed by atoms with Crippen LogP contribution in [0.4, 0.5) is 0 Å². The molecule has 0 saturated heterocycles. The first-order chi connectivity index (χ1) is 6.68. The molecule has 0 aliphatic carbocycles. The Morgan fingerprint density at radius 3 is 2.14 bits per heavy atom. The molecule has 0 heterocycles. The highest BCUT2D eigenvalue weighted by molar-refractivity contribution is 7.53. The van der Waals surface area contributed by atoms with Gasteiger partial charge in [-0.3, -0.25) is 4.57 Å². The molecule has 0 unspecified atom stereocenters. The van der Waals surface area contributed by atoms with Crippen molar-refractivity contribution in [2.75, 3.05) is 33.6 Å². The smallest absolute Gasteiger partial charge is 0.330 e. The van der Waals surface area contributed by atoms with Gasteiger partial charge in [0.05, 0.1) is 6.16 Å². The van der Waals surface area contributed by atoms with Crippen LogP contribution in [0.2, 0.25) is 0 Å². The molecular formula is C9H21O4P. The van der Waals surface area contributed by atoms with Crippen LogP contribution in [0.15, 0.2) is 0 Å². The molecule has 0 N–H and O–H groups in total. The van der Waals surface area contributed by atoms with Crippen LogP contribution in [0.1, 0.15) is 26.2 Å². The molecule has 0 bridgehead atoms. The van der Waals surface area contributed by atoms with Crippen LogP contribution in [-0.2, 0) is 18.3 Å². The summed E-state index contributed by atoms with van der Waals surface area (Å²) < 4.78 is 26.5. The summed E-state index contributed by atoms with van der Waals surface area (Å²) >= 11 is 0. The van der Waals surface area contributed by atoms with Gasteiger partial charge < -0.3 is 13.8 Å². The van der Waals surface area contributed by atoms with Crippen molar-refractivity contribution in [1.82, 2.24) is 0 Å². The maximum Gasteiger partial charge on any atom is 0.330 e. The molecule has 0 aliphatic heterocycles. The fraction of sp³-hybridized carbons (Fsp3) is 1.00. The third-order valence-corrected chi connectivity index (χ3v) is 3.90. The van der Waals surface area contributed by atoms with Gasteiger partial charge in [-0.2, -0.15) is 0 Å². The van der Waals surface area contributed by atoms with Crippen molar-refractivity contribution in [3.63, 3.8) is 0 Å². The summed E-state index contributed by atoms with van der Waals surface area (Å²) in [5.41, 5.74) is 0. The van der Waals surface area contributed by atoms with Gasteiger partial charge in [0.15, 0.2) is 0 Å². The van der Waals surface area contributed by atoms with E-state index in [1.807, 2.05) is 0 Å². The fourth-order valence-corrected chi connectivity index (χ4v) is 2.00. The molecule has 0 fully saturated rings. The van der Waals surface area contributed by atoms with Crippen LogP contribution in [-0.4, -0.2) is 33.6 Å². The average molecular weight is 224 g/mol. The highest BCUT2D eigenvalue weighted by Crippen LogP contribution is 2.46. The van der Waals surface area contributed by atoms with Crippen LogP contribution in [0, 0.1) is 0 Å². The normalized spacial score (nSPS) is 11.9. The first-order valence-corrected chi connectivity index (χ1v) is 6.69. The number of rotatable bonds is 9. The Morgan fingerprint density at radius 2 is 1.64 bits per heavy atom. The summed E-state index contributed by atoms with van der Waals surface area (Å²) in [7, 11) is -0.00677. The summed E-state index contributed by atoms with van der Waals surface area (Å²) in [6.45, 7) is 3.52. The van der Waals surface area contributed by atoms with Gasteiger partial charge >= 0.3 is 7.60 Å². The standard InChI is InChI=1S/C9H21O4P/c1-4-5-7-13-8-6-9-14(10,11-2)12-3/h4-9H2,1-3H3. The first kappa shape index (κ1) is 14.1. The lowest BCUT2D eigenvalue weighted by molar-refractivity contribution is 0.130. The fourth-order valence-electron chi connectivity index (χ4n) is 0.966. The van der Waals surface area contributed by atoms with Crippen molar-refractivity contribution in [1.29, 1.82) is 0 Å². The minimum Gasteiger partial charge on any atom is -0.381 e. The van der Waals surface area contributed by atoms with E-state index in [4.69, 9.17) is 13.8 Å². The van der Waals surface area contributed by atoms with Crippen molar-refractivity contribution >= 4 is 7.60 Å². The molecule has 5 heteroatoms. The van der Waals surface area contributed by atoms with Gasteiger partial charge in [-0.25, -0.2) is 0 Å². The van der Waals surface area contributed by atoms with E-state index in [1.54, 1.807) is 0 Å². The second-order valence-electron chi connectivity index (χ2n) is 3.02. The third kappa shape index (κ3) is 6.55. The minimum atomic E-state index is -2.82. The highest BCUT2D eigenvalue weighted by Gasteiger charge is 2.19. The summed E-state index contributed by atoms with van der Waals surface area (Å²) in [6.07, 6.45) is 3.34. The van der Waals surface area contributed by atoms with Crippen molar-refractivity contribution in [2.45, 2.75) is 26.2 Å². The molecule has 0 radical (unpaired) electrons. The SMILES string of the molecule is CCCCOCCCP(=O)(OC)OC. The molecule has 86 valence electrons. The summed E-state index contributed by atoms with van der Waals surface area (Å²) in [6, 6.07) is 0. The Kier molecular flexibility index (Phi) is 8.49. The number of ether oxygens (including phenoxy) is 1. The second kappa shape index (κ2) is 8.42. The molecule has 0 atom stereocenters.